The van der Waals surface area contributed by atoms with Gasteiger partial charge in [0.1, 0.15) is 11.6 Å². The van der Waals surface area contributed by atoms with Crippen molar-refractivity contribution in [1.29, 1.82) is 0 Å². The minimum atomic E-state index is -0.801. The Morgan fingerprint density at radius 2 is 1.94 bits per heavy atom. The molecule has 2 aliphatic rings. The summed E-state index contributed by atoms with van der Waals surface area (Å²) in [6, 6.07) is 8.83. The first-order valence-electron chi connectivity index (χ1n) is 11.1. The monoisotopic (exact) mass is 450 g/mol. The van der Waals surface area contributed by atoms with E-state index < -0.39 is 23.2 Å². The van der Waals surface area contributed by atoms with E-state index in [1.54, 1.807) is 24.5 Å². The van der Waals surface area contributed by atoms with Crippen LogP contribution >= 0.6 is 0 Å². The Hall–Kier alpha value is -3.39. The van der Waals surface area contributed by atoms with Gasteiger partial charge in [0.2, 0.25) is 0 Å². The van der Waals surface area contributed by atoms with Crippen molar-refractivity contribution in [2.45, 2.75) is 37.6 Å². The molecule has 170 valence electrons. The maximum Gasteiger partial charge on any atom is 0.277 e. The van der Waals surface area contributed by atoms with Crippen LogP contribution in [-0.2, 0) is 0 Å². The number of carbonyl (C=O) groups is 1. The van der Waals surface area contributed by atoms with Gasteiger partial charge in [-0.3, -0.25) is 9.78 Å². The van der Waals surface area contributed by atoms with Crippen molar-refractivity contribution in [1.82, 2.24) is 9.97 Å². The number of aromatic nitrogens is 2. The number of amides is 1. The first-order valence-corrected chi connectivity index (χ1v) is 11.1. The number of halogens is 2. The van der Waals surface area contributed by atoms with Crippen molar-refractivity contribution >= 4 is 11.6 Å². The quantitative estimate of drug-likeness (QED) is 0.520. The number of nitrogens with one attached hydrogen (secondary N) is 1. The summed E-state index contributed by atoms with van der Waals surface area (Å²) in [6.07, 6.45) is 6.52. The van der Waals surface area contributed by atoms with Gasteiger partial charge in [-0.1, -0.05) is 6.07 Å². The van der Waals surface area contributed by atoms with Crippen molar-refractivity contribution in [3.8, 4) is 17.0 Å². The number of carbonyl (C=O) groups excluding carboxylic acids is 1. The molecule has 1 amide bonds. The number of benzene rings is 1. The van der Waals surface area contributed by atoms with E-state index in [-0.39, 0.29) is 23.2 Å². The normalized spacial score (nSPS) is 22.6. The Kier molecular flexibility index (Phi) is 5.76. The number of hydrogen-bond acceptors (Lipinski definition) is 5. The average Bonchev–Trinajstić information content (AvgIpc) is 2.79. The zero-order valence-electron chi connectivity index (χ0n) is 17.9. The number of nitrogens with zero attached hydrogens (tertiary/aromatic N) is 2. The SMILES string of the molecule is N[C@H]1C[C@H]2CCOc3cccc(F)c3-c3ccc(F)c(n3)C(=O)Nc3cnccc3[C@@H](C1)C2. The van der Waals surface area contributed by atoms with Gasteiger partial charge in [-0.05, 0) is 73.4 Å². The number of hydrogen-bond donors (Lipinski definition) is 2. The summed E-state index contributed by atoms with van der Waals surface area (Å²) >= 11 is 0. The molecule has 33 heavy (non-hydrogen) atoms. The number of ether oxygens (including phenoxy) is 1. The second-order valence-electron chi connectivity index (χ2n) is 8.72. The highest BCUT2D eigenvalue weighted by Gasteiger charge is 2.30. The first kappa shape index (κ1) is 21.5. The fourth-order valence-corrected chi connectivity index (χ4v) is 4.97. The highest BCUT2D eigenvalue weighted by Crippen LogP contribution is 2.40. The van der Waals surface area contributed by atoms with E-state index in [1.807, 2.05) is 6.07 Å². The van der Waals surface area contributed by atoms with Crippen LogP contribution in [-0.4, -0.2) is 28.5 Å². The van der Waals surface area contributed by atoms with Crippen molar-refractivity contribution in [3.05, 3.63) is 71.7 Å². The minimum Gasteiger partial charge on any atom is -0.493 e. The lowest BCUT2D eigenvalue weighted by Gasteiger charge is -2.34. The lowest BCUT2D eigenvalue weighted by molar-refractivity contribution is 0.101. The maximum atomic E-state index is 14.8. The molecule has 3 heterocycles. The van der Waals surface area contributed by atoms with Crippen molar-refractivity contribution < 1.29 is 18.3 Å². The molecule has 1 fully saturated rings. The molecule has 3 N–H and O–H groups in total. The van der Waals surface area contributed by atoms with Crippen LogP contribution < -0.4 is 15.8 Å². The molecule has 6 nitrogen and oxygen atoms in total. The number of nitrogens with two attached hydrogens (primary N) is 1. The van der Waals surface area contributed by atoms with Gasteiger partial charge in [0.15, 0.2) is 11.5 Å². The molecule has 3 atom stereocenters. The van der Waals surface area contributed by atoms with Gasteiger partial charge in [-0.15, -0.1) is 0 Å². The van der Waals surface area contributed by atoms with Crippen LogP contribution in [0.25, 0.3) is 11.3 Å². The van der Waals surface area contributed by atoms with Gasteiger partial charge in [0.25, 0.3) is 5.91 Å². The molecule has 4 bridgehead atoms. The lowest BCUT2D eigenvalue weighted by Crippen LogP contribution is -2.33. The molecule has 0 saturated heterocycles. The van der Waals surface area contributed by atoms with Gasteiger partial charge in [0.05, 0.1) is 29.7 Å². The fourth-order valence-electron chi connectivity index (χ4n) is 4.97. The summed E-state index contributed by atoms with van der Waals surface area (Å²) in [5, 5.41) is 2.77. The third kappa shape index (κ3) is 4.30. The van der Waals surface area contributed by atoms with Crippen molar-refractivity contribution in [2.75, 3.05) is 11.9 Å². The van der Waals surface area contributed by atoms with Crippen LogP contribution in [0.1, 0.15) is 47.7 Å². The molecular formula is C25H24F2N4O2. The maximum absolute atomic E-state index is 14.8. The van der Waals surface area contributed by atoms with Gasteiger partial charge in [0, 0.05) is 12.2 Å². The molecule has 8 heteroatoms. The molecule has 1 aliphatic carbocycles. The summed E-state index contributed by atoms with van der Waals surface area (Å²) < 4.78 is 35.4. The Morgan fingerprint density at radius 1 is 1.06 bits per heavy atom. The summed E-state index contributed by atoms with van der Waals surface area (Å²) in [7, 11) is 0. The zero-order valence-corrected chi connectivity index (χ0v) is 17.9. The first-order chi connectivity index (χ1) is 16.0. The van der Waals surface area contributed by atoms with Gasteiger partial charge < -0.3 is 15.8 Å². The number of fused-ring (bicyclic) bond motifs is 8. The molecule has 2 aromatic heterocycles. The van der Waals surface area contributed by atoms with Crippen molar-refractivity contribution in [2.24, 2.45) is 11.7 Å². The molecule has 0 radical (unpaired) electrons. The fraction of sp³-hybridized carbons (Fsp3) is 0.320. The topological polar surface area (TPSA) is 90.1 Å². The molecule has 5 rings (SSSR count). The summed E-state index contributed by atoms with van der Waals surface area (Å²) in [4.78, 5) is 21.4. The largest absolute Gasteiger partial charge is 0.493 e. The summed E-state index contributed by atoms with van der Waals surface area (Å²) in [6.45, 7) is 0.384. The number of rotatable bonds is 0. The second kappa shape index (κ2) is 8.86. The van der Waals surface area contributed by atoms with Gasteiger partial charge in [-0.2, -0.15) is 0 Å². The molecule has 1 aliphatic heterocycles. The predicted molar refractivity (Wildman–Crippen MR) is 120 cm³/mol. The standard InChI is InChI=1S/C25H24F2N4O2/c26-18-2-1-3-22-23(18)20-5-4-19(27)24(30-20)25(32)31-21-13-29-8-6-17(21)15-10-14(7-9-33-22)11-16(28)12-15/h1-6,8,13-16H,7,9-12,28H2,(H,31,32)/t14-,15+,16-/m0/s1. The smallest absolute Gasteiger partial charge is 0.277 e. The Bertz CT molecular complexity index is 1200. The van der Waals surface area contributed by atoms with E-state index >= 15 is 0 Å². The molecule has 3 aromatic rings. The van der Waals surface area contributed by atoms with Crippen LogP contribution in [0.3, 0.4) is 0 Å². The third-order valence-electron chi connectivity index (χ3n) is 6.46. The van der Waals surface area contributed by atoms with Crippen LogP contribution in [0.4, 0.5) is 14.5 Å². The van der Waals surface area contributed by atoms with E-state index in [0.29, 0.717) is 24.0 Å². The van der Waals surface area contributed by atoms with E-state index in [1.165, 1.54) is 12.1 Å². The molecule has 0 unspecified atom stereocenters. The van der Waals surface area contributed by atoms with Crippen LogP contribution in [0.5, 0.6) is 5.75 Å². The van der Waals surface area contributed by atoms with Crippen LogP contribution in [0, 0.1) is 17.6 Å². The van der Waals surface area contributed by atoms with E-state index in [4.69, 9.17) is 10.5 Å². The van der Waals surface area contributed by atoms with Gasteiger partial charge >= 0.3 is 0 Å². The highest BCUT2D eigenvalue weighted by molar-refractivity contribution is 6.03. The Morgan fingerprint density at radius 3 is 2.82 bits per heavy atom. The third-order valence-corrected chi connectivity index (χ3v) is 6.46. The van der Waals surface area contributed by atoms with E-state index in [2.05, 4.69) is 15.3 Å². The number of anilines is 1. The van der Waals surface area contributed by atoms with Crippen molar-refractivity contribution in [3.63, 3.8) is 0 Å². The predicted octanol–water partition coefficient (Wildman–Crippen LogP) is 4.67. The molecule has 1 aromatic carbocycles. The van der Waals surface area contributed by atoms with Gasteiger partial charge in [-0.25, -0.2) is 13.8 Å². The van der Waals surface area contributed by atoms with E-state index in [9.17, 15) is 13.6 Å². The molecular weight excluding hydrogens is 426 g/mol. The second-order valence-corrected chi connectivity index (χ2v) is 8.72. The summed E-state index contributed by atoms with van der Waals surface area (Å²) in [5.74, 6) is -1.35. The average molecular weight is 450 g/mol. The van der Waals surface area contributed by atoms with Crippen LogP contribution in [0.2, 0.25) is 0 Å². The zero-order chi connectivity index (χ0) is 22.9. The summed E-state index contributed by atoms with van der Waals surface area (Å²) in [5.41, 5.74) is 7.59. The van der Waals surface area contributed by atoms with E-state index in [0.717, 1.165) is 37.3 Å². The van der Waals surface area contributed by atoms with Crippen LogP contribution in [0.15, 0.2) is 48.8 Å². The molecule has 0 spiro atoms. The molecule has 1 saturated carbocycles. The highest BCUT2D eigenvalue weighted by atomic mass is 19.1. The minimum absolute atomic E-state index is 0.0139. The number of pyridine rings is 2. The lowest BCUT2D eigenvalue weighted by atomic mass is 9.74. The Labute approximate surface area is 190 Å². The Balaban J connectivity index is 1.63.